The Balaban J connectivity index is 2.04. The molecule has 116 valence electrons. The van der Waals surface area contributed by atoms with E-state index in [2.05, 4.69) is 20.5 Å². The first-order chi connectivity index (χ1) is 11.1. The van der Waals surface area contributed by atoms with Gasteiger partial charge in [-0.15, -0.1) is 0 Å². The highest BCUT2D eigenvalue weighted by molar-refractivity contribution is 6.26. The van der Waals surface area contributed by atoms with Crippen molar-refractivity contribution < 1.29 is 9.59 Å². The zero-order valence-electron chi connectivity index (χ0n) is 12.6. The third kappa shape index (κ3) is 1.54. The van der Waals surface area contributed by atoms with Crippen LogP contribution in [-0.2, 0) is 10.3 Å². The van der Waals surface area contributed by atoms with Gasteiger partial charge in [-0.3, -0.25) is 20.0 Å². The van der Waals surface area contributed by atoms with Crippen molar-refractivity contribution in [2.45, 2.75) is 5.54 Å². The molecule has 4 rings (SSSR count). The van der Waals surface area contributed by atoms with E-state index in [1.165, 1.54) is 18.3 Å². The van der Waals surface area contributed by atoms with Crippen LogP contribution in [0.4, 0.5) is 4.79 Å². The fourth-order valence-corrected chi connectivity index (χ4v) is 3.14. The van der Waals surface area contributed by atoms with E-state index in [0.29, 0.717) is 5.56 Å². The number of aromatic amines is 1. The first kappa shape index (κ1) is 13.5. The molecule has 3 heterocycles. The quantitative estimate of drug-likeness (QED) is 0.817. The van der Waals surface area contributed by atoms with E-state index in [0.717, 1.165) is 15.8 Å². The lowest BCUT2D eigenvalue weighted by atomic mass is 9.85. The number of urea groups is 1. The van der Waals surface area contributed by atoms with Crippen molar-refractivity contribution in [1.29, 1.82) is 0 Å². The number of amidine groups is 1. The summed E-state index contributed by atoms with van der Waals surface area (Å²) in [7, 11) is 3.03. The molecule has 1 atom stereocenters. The second-order valence-electron chi connectivity index (χ2n) is 5.49. The number of carbonyl (C=O) groups is 2. The zero-order valence-corrected chi connectivity index (χ0v) is 12.6. The number of H-pyrrole nitrogens is 1. The predicted octanol–water partition coefficient (Wildman–Crippen LogP) is 0.832. The Morgan fingerprint density at radius 3 is 2.74 bits per heavy atom. The highest BCUT2D eigenvalue weighted by atomic mass is 16.2. The van der Waals surface area contributed by atoms with Gasteiger partial charge in [0.05, 0.1) is 0 Å². The molecule has 1 aromatic heterocycles. The second kappa shape index (κ2) is 4.42. The number of nitrogens with one attached hydrogen (secondary N) is 2. The number of hydrogen-bond donors (Lipinski definition) is 2. The predicted molar refractivity (Wildman–Crippen MR) is 85.0 cm³/mol. The van der Waals surface area contributed by atoms with Gasteiger partial charge < -0.3 is 4.98 Å². The molecule has 3 amide bonds. The third-order valence-electron chi connectivity index (χ3n) is 4.29. The number of aliphatic imine (C=N–C) groups is 1. The fraction of sp³-hybridized carbons (Fsp3) is 0.200. The molecule has 0 spiro atoms. The van der Waals surface area contributed by atoms with Crippen molar-refractivity contribution in [3.63, 3.8) is 0 Å². The average Bonchev–Trinajstić information content (AvgIpc) is 3.02. The lowest BCUT2D eigenvalue weighted by molar-refractivity contribution is -0.132. The average molecular weight is 310 g/mol. The second-order valence-corrected chi connectivity index (χ2v) is 5.49. The van der Waals surface area contributed by atoms with Gasteiger partial charge in [0.25, 0.3) is 5.91 Å². The number of likely N-dealkylation sites (N-methyl/N-ethyl adjacent to an activating group) is 2. The molecule has 0 radical (unpaired) electrons. The molecule has 1 fully saturated rings. The number of nitrogens with zero attached hydrogens (tertiary/aromatic N) is 4. The van der Waals surface area contributed by atoms with Gasteiger partial charge in [0, 0.05) is 36.8 Å². The van der Waals surface area contributed by atoms with Gasteiger partial charge >= 0.3 is 6.03 Å². The Morgan fingerprint density at radius 2 is 1.91 bits per heavy atom. The molecule has 1 saturated heterocycles. The maximum absolute atomic E-state index is 13.0. The number of benzene rings is 1. The topological polar surface area (TPSA) is 93.2 Å². The molecular formula is C15H14N6O2. The number of aromatic nitrogens is 1. The van der Waals surface area contributed by atoms with Gasteiger partial charge in [-0.25, -0.2) is 9.79 Å². The Kier molecular flexibility index (Phi) is 2.59. The standard InChI is InChI=1S/C15H14N6O2/c1-20-12-15(17-8-18-19-12,13(22)21(2)14(20)23)10-7-16-11-6-4-3-5-9(10)11/h3-8,16H,1-2H3,(H,17,18)/t15-/m1/s1. The number of imide groups is 1. The van der Waals surface area contributed by atoms with E-state index in [9.17, 15) is 9.59 Å². The van der Waals surface area contributed by atoms with E-state index in [1.807, 2.05) is 24.3 Å². The molecule has 0 aliphatic carbocycles. The molecule has 2 aromatic rings. The number of rotatable bonds is 1. The molecule has 8 nitrogen and oxygen atoms in total. The summed E-state index contributed by atoms with van der Waals surface area (Å²) in [5.74, 6) is -0.167. The van der Waals surface area contributed by atoms with Gasteiger partial charge in [-0.05, 0) is 6.07 Å². The van der Waals surface area contributed by atoms with E-state index in [1.54, 1.807) is 13.2 Å². The summed E-state index contributed by atoms with van der Waals surface area (Å²) in [4.78, 5) is 35.2. The van der Waals surface area contributed by atoms with Crippen LogP contribution in [-0.4, -0.2) is 53.0 Å². The summed E-state index contributed by atoms with van der Waals surface area (Å²) >= 11 is 0. The lowest BCUT2D eigenvalue weighted by Crippen LogP contribution is -2.65. The minimum absolute atomic E-state index is 0.262. The maximum Gasteiger partial charge on any atom is 0.331 e. The molecule has 1 aromatic carbocycles. The molecule has 0 bridgehead atoms. The summed E-state index contributed by atoms with van der Waals surface area (Å²) in [6.45, 7) is 0. The Morgan fingerprint density at radius 1 is 1.13 bits per heavy atom. The van der Waals surface area contributed by atoms with Crippen LogP contribution >= 0.6 is 0 Å². The molecule has 0 unspecified atom stereocenters. The summed E-state index contributed by atoms with van der Waals surface area (Å²) in [6.07, 6.45) is 3.12. The number of hydrazone groups is 1. The first-order valence-electron chi connectivity index (χ1n) is 7.07. The van der Waals surface area contributed by atoms with Crippen molar-refractivity contribution in [2.24, 2.45) is 10.1 Å². The van der Waals surface area contributed by atoms with E-state index >= 15 is 0 Å². The molecule has 8 heteroatoms. The maximum atomic E-state index is 13.0. The van der Waals surface area contributed by atoms with Crippen molar-refractivity contribution in [2.75, 3.05) is 14.1 Å². The summed E-state index contributed by atoms with van der Waals surface area (Å²) in [6, 6.07) is 7.19. The van der Waals surface area contributed by atoms with Gasteiger partial charge in [-0.1, -0.05) is 18.2 Å². The van der Waals surface area contributed by atoms with Gasteiger partial charge in [0.1, 0.15) is 6.34 Å². The molecule has 23 heavy (non-hydrogen) atoms. The van der Waals surface area contributed by atoms with Crippen LogP contribution in [0.1, 0.15) is 5.56 Å². The highest BCUT2D eigenvalue weighted by Crippen LogP contribution is 2.39. The molecule has 2 aliphatic rings. The number of hydrogen-bond acceptors (Lipinski definition) is 5. The van der Waals surface area contributed by atoms with Crippen molar-refractivity contribution >= 4 is 35.0 Å². The number of carbonyl (C=O) groups excluding carboxylic acids is 2. The minimum Gasteiger partial charge on any atom is -0.361 e. The highest BCUT2D eigenvalue weighted by Gasteiger charge is 2.57. The van der Waals surface area contributed by atoms with Crippen LogP contribution in [0.25, 0.3) is 10.9 Å². The monoisotopic (exact) mass is 310 g/mol. The van der Waals surface area contributed by atoms with Gasteiger partial charge in [-0.2, -0.15) is 5.10 Å². The SMILES string of the molecule is CN1C(=O)N(C)C2=NNC=N[C@@]2(c2c[nH]c3ccccc23)C1=O. The van der Waals surface area contributed by atoms with Crippen LogP contribution in [0.2, 0.25) is 0 Å². The van der Waals surface area contributed by atoms with Crippen molar-refractivity contribution in [1.82, 2.24) is 20.2 Å². The Labute approximate surface area is 131 Å². The smallest absolute Gasteiger partial charge is 0.331 e. The minimum atomic E-state index is -1.37. The van der Waals surface area contributed by atoms with Crippen molar-refractivity contribution in [3.8, 4) is 0 Å². The summed E-state index contributed by atoms with van der Waals surface area (Å²) in [5, 5.41) is 5.03. The largest absolute Gasteiger partial charge is 0.361 e. The molecule has 2 aliphatic heterocycles. The summed E-state index contributed by atoms with van der Waals surface area (Å²) < 4.78 is 0. The third-order valence-corrected chi connectivity index (χ3v) is 4.29. The lowest BCUT2D eigenvalue weighted by Gasteiger charge is -2.42. The zero-order chi connectivity index (χ0) is 16.2. The molecule has 0 saturated carbocycles. The normalized spacial score (nSPS) is 23.8. The van der Waals surface area contributed by atoms with E-state index in [-0.39, 0.29) is 5.84 Å². The number of para-hydroxylation sites is 1. The number of amides is 3. The first-order valence-corrected chi connectivity index (χ1v) is 7.07. The Bertz CT molecular complexity index is 898. The van der Waals surface area contributed by atoms with Crippen molar-refractivity contribution in [3.05, 3.63) is 36.0 Å². The van der Waals surface area contributed by atoms with Crippen LogP contribution in [0.15, 0.2) is 40.6 Å². The number of fused-ring (bicyclic) bond motifs is 2. The molecular weight excluding hydrogens is 296 g/mol. The van der Waals surface area contributed by atoms with Crippen LogP contribution < -0.4 is 5.43 Å². The van der Waals surface area contributed by atoms with E-state index in [4.69, 9.17) is 0 Å². The van der Waals surface area contributed by atoms with Crippen LogP contribution in [0.3, 0.4) is 0 Å². The van der Waals surface area contributed by atoms with E-state index < -0.39 is 17.5 Å². The van der Waals surface area contributed by atoms with Gasteiger partial charge in [0.2, 0.25) is 5.54 Å². The van der Waals surface area contributed by atoms with Crippen LogP contribution in [0.5, 0.6) is 0 Å². The molecule has 2 N–H and O–H groups in total. The summed E-state index contributed by atoms with van der Waals surface area (Å²) in [5.41, 5.74) is 2.81. The fourth-order valence-electron chi connectivity index (χ4n) is 3.14. The Hall–Kier alpha value is -3.16. The van der Waals surface area contributed by atoms with Crippen LogP contribution in [0, 0.1) is 0 Å². The van der Waals surface area contributed by atoms with Gasteiger partial charge in [0.15, 0.2) is 5.84 Å².